The number of alkyl halides is 2. The number of halogens is 4. The van der Waals surface area contributed by atoms with Gasteiger partial charge in [0.1, 0.15) is 0 Å². The van der Waals surface area contributed by atoms with Crippen molar-refractivity contribution in [1.29, 1.82) is 0 Å². The molecule has 0 spiro atoms. The van der Waals surface area contributed by atoms with Crippen LogP contribution in [0.1, 0.15) is 4.17 Å². The van der Waals surface area contributed by atoms with E-state index in [1.165, 1.54) is 0 Å². The summed E-state index contributed by atoms with van der Waals surface area (Å²) in [4.78, 5) is 3.20. The van der Waals surface area contributed by atoms with Gasteiger partial charge in [-0.05, 0) is 23.2 Å². The van der Waals surface area contributed by atoms with Crippen LogP contribution in [0.4, 0.5) is 4.39 Å². The van der Waals surface area contributed by atoms with Gasteiger partial charge in [0.05, 0.1) is 0 Å². The molecule has 0 aliphatic carbocycles. The van der Waals surface area contributed by atoms with E-state index in [0.29, 0.717) is 0 Å². The summed E-state index contributed by atoms with van der Waals surface area (Å²) in [6.45, 7) is 0. The highest BCUT2D eigenvalue weighted by Crippen LogP contribution is 2.40. The van der Waals surface area contributed by atoms with Crippen LogP contribution in [0.2, 0.25) is 4.47 Å². The Labute approximate surface area is 74.1 Å². The average Bonchev–Trinajstić information content (AvgIpc) is 2.10. The van der Waals surface area contributed by atoms with Gasteiger partial charge in [-0.15, -0.1) is 4.98 Å². The van der Waals surface area contributed by atoms with E-state index in [9.17, 15) is 4.39 Å². The van der Waals surface area contributed by atoms with E-state index in [1.54, 1.807) is 0 Å². The lowest BCUT2D eigenvalue weighted by molar-refractivity contribution is 0.556. The molecule has 1 heterocycles. The molecule has 0 radical (unpaired) electrons. The third-order valence-corrected chi connectivity index (χ3v) is 3.39. The molecule has 0 aromatic carbocycles. The molecular formula is C3HCl3FN2S+. The molecule has 0 aliphatic rings. The number of aromatic nitrogens is 2. The van der Waals surface area contributed by atoms with Gasteiger partial charge in [-0.2, -0.15) is 4.39 Å². The summed E-state index contributed by atoms with van der Waals surface area (Å²) >= 11 is 16.2. The number of hydrogen-bond acceptors (Lipinski definition) is 2. The zero-order valence-corrected chi connectivity index (χ0v) is 7.48. The molecule has 1 rings (SSSR count). The Morgan fingerprint density at radius 3 is 2.30 bits per heavy atom. The van der Waals surface area contributed by atoms with E-state index in [0.717, 1.165) is 0 Å². The van der Waals surface area contributed by atoms with E-state index < -0.39 is 20.9 Å². The van der Waals surface area contributed by atoms with Crippen LogP contribution in [0.3, 0.4) is 0 Å². The Morgan fingerprint density at radius 2 is 2.10 bits per heavy atom. The van der Waals surface area contributed by atoms with Crippen LogP contribution in [0.5, 0.6) is 0 Å². The highest BCUT2D eigenvalue weighted by Gasteiger charge is 2.26. The third-order valence-electron chi connectivity index (χ3n) is 0.695. The molecular weight excluding hydrogens is 221 g/mol. The predicted octanol–water partition coefficient (Wildman–Crippen LogP) is 2.95. The van der Waals surface area contributed by atoms with Gasteiger partial charge in [-0.3, -0.25) is 0 Å². The van der Waals surface area contributed by atoms with Crippen molar-refractivity contribution >= 4 is 45.5 Å². The van der Waals surface area contributed by atoms with Crippen LogP contribution in [0.15, 0.2) is 0 Å². The van der Waals surface area contributed by atoms with E-state index in [1.807, 2.05) is 0 Å². The number of hydrogen-bond donors (Lipinski definition) is 0. The van der Waals surface area contributed by atoms with Gasteiger partial charge in [0.15, 0.2) is 10.7 Å². The molecule has 10 heavy (non-hydrogen) atoms. The Balaban J connectivity index is 3.03. The van der Waals surface area contributed by atoms with Gasteiger partial charge < -0.3 is 0 Å². The Bertz CT molecular complexity index is 238. The minimum absolute atomic E-state index is 0.0208. The standard InChI is InChI=1S/C3HCl3FN2S/c4-1(5)10-2(6)8-3(7)9-10/h1H/q+1. The fourth-order valence-electron chi connectivity index (χ4n) is 0.372. The van der Waals surface area contributed by atoms with Crippen LogP contribution < -0.4 is 0 Å². The average molecular weight is 222 g/mol. The molecule has 0 aliphatic heterocycles. The zero-order chi connectivity index (χ0) is 7.72. The smallest absolute Gasteiger partial charge is 0.156 e. The second-order valence-electron chi connectivity index (χ2n) is 1.30. The summed E-state index contributed by atoms with van der Waals surface area (Å²) in [6.07, 6.45) is -0.861. The molecule has 0 saturated carbocycles. The van der Waals surface area contributed by atoms with E-state index in [4.69, 9.17) is 34.8 Å². The van der Waals surface area contributed by atoms with Crippen molar-refractivity contribution < 1.29 is 4.39 Å². The van der Waals surface area contributed by atoms with Crippen LogP contribution >= 0.6 is 45.5 Å². The molecule has 0 N–H and O–H groups in total. The van der Waals surface area contributed by atoms with Crippen molar-refractivity contribution in [3.05, 3.63) is 10.5 Å². The Hall–Kier alpha value is 0.360. The molecule has 1 aromatic heterocycles. The van der Waals surface area contributed by atoms with E-state index >= 15 is 0 Å². The van der Waals surface area contributed by atoms with Gasteiger partial charge >= 0.3 is 14.7 Å². The van der Waals surface area contributed by atoms with Crippen LogP contribution in [-0.4, -0.2) is 9.36 Å². The normalized spacial score (nSPS) is 12.7. The molecule has 56 valence electrons. The predicted molar refractivity (Wildman–Crippen MR) is 40.2 cm³/mol. The summed E-state index contributed by atoms with van der Waals surface area (Å²) in [6, 6.07) is 0. The lowest BCUT2D eigenvalue weighted by Crippen LogP contribution is -1.71. The number of rotatable bonds is 1. The third kappa shape index (κ3) is 1.69. The van der Waals surface area contributed by atoms with Crippen molar-refractivity contribution in [3.8, 4) is 0 Å². The SMILES string of the molecule is Fc1nc(Cl)[s+](C(Cl)Cl)n1. The molecule has 7 heteroatoms. The summed E-state index contributed by atoms with van der Waals surface area (Å²) < 4.78 is 14.7. The molecule has 0 saturated heterocycles. The lowest BCUT2D eigenvalue weighted by atomic mass is 11.3. The Morgan fingerprint density at radius 1 is 1.50 bits per heavy atom. The van der Waals surface area contributed by atoms with Gasteiger partial charge in [-0.25, -0.2) is 0 Å². The number of nitrogens with zero attached hydrogens (tertiary/aromatic N) is 2. The zero-order valence-electron chi connectivity index (χ0n) is 4.39. The van der Waals surface area contributed by atoms with E-state index in [-0.39, 0.29) is 4.47 Å². The van der Waals surface area contributed by atoms with Crippen LogP contribution in [0, 0.1) is 6.08 Å². The first-order valence-electron chi connectivity index (χ1n) is 2.11. The van der Waals surface area contributed by atoms with Gasteiger partial charge in [-0.1, -0.05) is 0 Å². The first-order valence-corrected chi connectivity index (χ1v) is 4.60. The quantitative estimate of drug-likeness (QED) is 0.539. The van der Waals surface area contributed by atoms with Crippen LogP contribution in [0.25, 0.3) is 0 Å². The molecule has 0 bridgehead atoms. The maximum atomic E-state index is 12.2. The summed E-state index contributed by atoms with van der Waals surface area (Å²) in [7, 11) is -0.995. The summed E-state index contributed by atoms with van der Waals surface area (Å²) in [5.74, 6) is 0. The lowest BCUT2D eigenvalue weighted by Gasteiger charge is -1.79. The topological polar surface area (TPSA) is 25.8 Å². The minimum atomic E-state index is -0.995. The molecule has 2 nitrogen and oxygen atoms in total. The monoisotopic (exact) mass is 221 g/mol. The molecule has 1 aromatic rings. The summed E-state index contributed by atoms with van der Waals surface area (Å²) in [5.41, 5.74) is 0. The van der Waals surface area contributed by atoms with E-state index in [2.05, 4.69) is 9.36 Å². The molecule has 1 atom stereocenters. The van der Waals surface area contributed by atoms with Crippen molar-refractivity contribution in [2.75, 3.05) is 0 Å². The molecule has 0 amide bonds. The highest BCUT2D eigenvalue weighted by atomic mass is 35.5. The molecule has 0 fully saturated rings. The van der Waals surface area contributed by atoms with Gasteiger partial charge in [0, 0.05) is 16.0 Å². The van der Waals surface area contributed by atoms with Crippen molar-refractivity contribution in [1.82, 2.24) is 9.36 Å². The van der Waals surface area contributed by atoms with Crippen LogP contribution in [-0.2, 0) is 0 Å². The maximum absolute atomic E-state index is 12.2. The first kappa shape index (κ1) is 8.46. The van der Waals surface area contributed by atoms with Crippen molar-refractivity contribution in [2.24, 2.45) is 0 Å². The molecule has 1 unspecified atom stereocenters. The first-order chi connectivity index (χ1) is 4.61. The largest absolute Gasteiger partial charge is 0.368 e. The second kappa shape index (κ2) is 3.17. The second-order valence-corrected chi connectivity index (χ2v) is 5.17. The fraction of sp³-hybridized carbons (Fsp3) is 0.333. The Kier molecular flexibility index (Phi) is 2.68. The maximum Gasteiger partial charge on any atom is 0.368 e. The van der Waals surface area contributed by atoms with Gasteiger partial charge in [0.2, 0.25) is 0 Å². The van der Waals surface area contributed by atoms with Gasteiger partial charge in [0.25, 0.3) is 0 Å². The highest BCUT2D eigenvalue weighted by molar-refractivity contribution is 7.35. The minimum Gasteiger partial charge on any atom is -0.156 e. The van der Waals surface area contributed by atoms with Crippen molar-refractivity contribution in [2.45, 2.75) is 4.17 Å². The fourth-order valence-corrected chi connectivity index (χ4v) is 2.51. The summed E-state index contributed by atoms with van der Waals surface area (Å²) in [5, 5.41) is 0. The van der Waals surface area contributed by atoms with Crippen molar-refractivity contribution in [3.63, 3.8) is 0 Å².